The van der Waals surface area contributed by atoms with Gasteiger partial charge in [0.1, 0.15) is 5.56 Å². The number of piperidine rings is 1. The van der Waals surface area contributed by atoms with Crippen LogP contribution in [0.5, 0.6) is 0 Å². The van der Waals surface area contributed by atoms with E-state index in [1.54, 1.807) is 34.4 Å². The number of aryl methyl sites for hydroxylation is 1. The standard InChI is InChI=1S/C18H20N6O2.2ClH/c1-12-7-11-23(13-5-8-19-9-6-13)17(26)15(12)16(25)20-18-22-21-14-4-2-3-10-24(14)18;;/h2-4,7,10-11,13,19H,5-6,8-9H2,1H3,(H,20,22,25);2*1H. The summed E-state index contributed by atoms with van der Waals surface area (Å²) in [6.07, 6.45) is 5.30. The molecular weight excluding hydrogens is 403 g/mol. The van der Waals surface area contributed by atoms with Gasteiger partial charge in [-0.3, -0.25) is 19.3 Å². The lowest BCUT2D eigenvalue weighted by Gasteiger charge is -2.25. The number of anilines is 1. The largest absolute Gasteiger partial charge is 0.317 e. The molecule has 28 heavy (non-hydrogen) atoms. The minimum atomic E-state index is -0.464. The number of amides is 1. The molecule has 4 rings (SSSR count). The topological polar surface area (TPSA) is 93.3 Å². The molecule has 0 aliphatic carbocycles. The van der Waals surface area contributed by atoms with Gasteiger partial charge in [-0.2, -0.15) is 0 Å². The van der Waals surface area contributed by atoms with Crippen LogP contribution in [0.15, 0.2) is 41.5 Å². The fraction of sp³-hybridized carbons (Fsp3) is 0.333. The molecule has 1 amide bonds. The van der Waals surface area contributed by atoms with E-state index in [-0.39, 0.29) is 42.0 Å². The molecule has 0 bridgehead atoms. The highest BCUT2D eigenvalue weighted by Crippen LogP contribution is 2.18. The Morgan fingerprint density at radius 2 is 1.89 bits per heavy atom. The van der Waals surface area contributed by atoms with E-state index in [1.165, 1.54) is 0 Å². The summed E-state index contributed by atoms with van der Waals surface area (Å²) >= 11 is 0. The van der Waals surface area contributed by atoms with Crippen molar-refractivity contribution in [1.82, 2.24) is 24.5 Å². The van der Waals surface area contributed by atoms with Crippen molar-refractivity contribution >= 4 is 42.3 Å². The van der Waals surface area contributed by atoms with E-state index < -0.39 is 5.91 Å². The molecule has 0 radical (unpaired) electrons. The van der Waals surface area contributed by atoms with Crippen LogP contribution in [0.4, 0.5) is 5.95 Å². The monoisotopic (exact) mass is 424 g/mol. The highest BCUT2D eigenvalue weighted by molar-refractivity contribution is 6.04. The minimum absolute atomic E-state index is 0. The van der Waals surface area contributed by atoms with E-state index in [1.807, 2.05) is 18.2 Å². The predicted molar refractivity (Wildman–Crippen MR) is 112 cm³/mol. The first kappa shape index (κ1) is 21.9. The predicted octanol–water partition coefficient (Wildman–Crippen LogP) is 2.22. The molecule has 1 fully saturated rings. The number of halogens is 2. The Labute approximate surface area is 174 Å². The minimum Gasteiger partial charge on any atom is -0.317 e. The maximum Gasteiger partial charge on any atom is 0.263 e. The van der Waals surface area contributed by atoms with Gasteiger partial charge in [0.15, 0.2) is 5.65 Å². The quantitative estimate of drug-likeness (QED) is 0.672. The van der Waals surface area contributed by atoms with Crippen LogP contribution in [0.2, 0.25) is 0 Å². The second kappa shape index (κ2) is 9.18. The third kappa shape index (κ3) is 4.04. The van der Waals surface area contributed by atoms with Gasteiger partial charge in [0.05, 0.1) is 0 Å². The van der Waals surface area contributed by atoms with E-state index in [0.29, 0.717) is 17.2 Å². The molecule has 0 atom stereocenters. The highest BCUT2D eigenvalue weighted by atomic mass is 35.5. The maximum atomic E-state index is 13.0. The smallest absolute Gasteiger partial charge is 0.263 e. The molecule has 1 aliphatic heterocycles. The van der Waals surface area contributed by atoms with Gasteiger partial charge in [-0.05, 0) is 56.6 Å². The van der Waals surface area contributed by atoms with Gasteiger partial charge in [0, 0.05) is 18.4 Å². The van der Waals surface area contributed by atoms with Crippen molar-refractivity contribution in [3.63, 3.8) is 0 Å². The first-order valence-corrected chi connectivity index (χ1v) is 8.69. The first-order valence-electron chi connectivity index (χ1n) is 8.69. The Morgan fingerprint density at radius 3 is 2.64 bits per heavy atom. The number of carbonyl (C=O) groups is 1. The van der Waals surface area contributed by atoms with Gasteiger partial charge in [-0.1, -0.05) is 6.07 Å². The van der Waals surface area contributed by atoms with Crippen molar-refractivity contribution in [2.45, 2.75) is 25.8 Å². The van der Waals surface area contributed by atoms with E-state index >= 15 is 0 Å². The molecule has 3 aromatic rings. The number of nitrogens with zero attached hydrogens (tertiary/aromatic N) is 4. The summed E-state index contributed by atoms with van der Waals surface area (Å²) in [5.74, 6) is -0.171. The van der Waals surface area contributed by atoms with E-state index in [0.717, 1.165) is 25.9 Å². The lowest BCUT2D eigenvalue weighted by atomic mass is 10.0. The molecule has 4 heterocycles. The summed E-state index contributed by atoms with van der Waals surface area (Å²) in [5, 5.41) is 14.0. The number of hydrogen-bond acceptors (Lipinski definition) is 5. The molecule has 1 aliphatic rings. The van der Waals surface area contributed by atoms with Gasteiger partial charge in [0.25, 0.3) is 11.5 Å². The fourth-order valence-corrected chi connectivity index (χ4v) is 3.38. The number of hydrogen-bond donors (Lipinski definition) is 2. The fourth-order valence-electron chi connectivity index (χ4n) is 3.38. The maximum absolute atomic E-state index is 13.0. The van der Waals surface area contributed by atoms with Crippen LogP contribution in [0.3, 0.4) is 0 Å². The Hall–Kier alpha value is -2.42. The summed E-state index contributed by atoms with van der Waals surface area (Å²) in [7, 11) is 0. The van der Waals surface area contributed by atoms with Crippen LogP contribution < -0.4 is 16.2 Å². The number of fused-ring (bicyclic) bond motifs is 1. The third-order valence-electron chi connectivity index (χ3n) is 4.80. The summed E-state index contributed by atoms with van der Waals surface area (Å²) in [6.45, 7) is 3.52. The second-order valence-electron chi connectivity index (χ2n) is 6.47. The van der Waals surface area contributed by atoms with Gasteiger partial charge < -0.3 is 9.88 Å². The van der Waals surface area contributed by atoms with Gasteiger partial charge in [-0.15, -0.1) is 35.0 Å². The molecule has 0 aromatic carbocycles. The van der Waals surface area contributed by atoms with Gasteiger partial charge in [0.2, 0.25) is 5.95 Å². The van der Waals surface area contributed by atoms with E-state index in [2.05, 4.69) is 20.8 Å². The molecule has 3 aromatic heterocycles. The van der Waals surface area contributed by atoms with Crippen LogP contribution in [0.1, 0.15) is 34.8 Å². The molecule has 10 heteroatoms. The van der Waals surface area contributed by atoms with Crippen LogP contribution in [-0.2, 0) is 0 Å². The molecule has 0 unspecified atom stereocenters. The zero-order chi connectivity index (χ0) is 18.1. The molecule has 8 nitrogen and oxygen atoms in total. The summed E-state index contributed by atoms with van der Waals surface area (Å²) in [5.41, 5.74) is 1.16. The average Bonchev–Trinajstić information content (AvgIpc) is 3.06. The number of carbonyl (C=O) groups excluding carboxylic acids is 1. The SMILES string of the molecule is Cc1ccn(C2CCNCC2)c(=O)c1C(=O)Nc1nnc2ccccn12.Cl.Cl. The van der Waals surface area contributed by atoms with E-state index in [9.17, 15) is 9.59 Å². The molecule has 1 saturated heterocycles. The summed E-state index contributed by atoms with van der Waals surface area (Å²) in [6, 6.07) is 7.39. The zero-order valence-corrected chi connectivity index (χ0v) is 16.9. The molecule has 0 spiro atoms. The second-order valence-corrected chi connectivity index (χ2v) is 6.47. The summed E-state index contributed by atoms with van der Waals surface area (Å²) < 4.78 is 3.35. The molecule has 2 N–H and O–H groups in total. The van der Waals surface area contributed by atoms with Crippen molar-refractivity contribution in [3.8, 4) is 0 Å². The van der Waals surface area contributed by atoms with Gasteiger partial charge >= 0.3 is 0 Å². The lowest BCUT2D eigenvalue weighted by Crippen LogP contribution is -2.37. The van der Waals surface area contributed by atoms with Gasteiger partial charge in [-0.25, -0.2) is 0 Å². The number of aromatic nitrogens is 4. The summed E-state index contributed by atoms with van der Waals surface area (Å²) in [4.78, 5) is 25.8. The Kier molecular flexibility index (Phi) is 7.17. The van der Waals surface area contributed by atoms with Crippen LogP contribution in [0, 0.1) is 6.92 Å². The average molecular weight is 425 g/mol. The molecular formula is C18H22Cl2N6O2. The number of pyridine rings is 2. The normalized spacial score (nSPS) is 14.2. The first-order chi connectivity index (χ1) is 12.6. The Morgan fingerprint density at radius 1 is 1.14 bits per heavy atom. The third-order valence-corrected chi connectivity index (χ3v) is 4.80. The number of nitrogens with one attached hydrogen (secondary N) is 2. The van der Waals surface area contributed by atoms with Crippen LogP contribution >= 0.6 is 24.8 Å². The number of rotatable bonds is 3. The van der Waals surface area contributed by atoms with Crippen LogP contribution in [0.25, 0.3) is 5.65 Å². The van der Waals surface area contributed by atoms with Crippen molar-refractivity contribution in [2.24, 2.45) is 0 Å². The van der Waals surface area contributed by atoms with E-state index in [4.69, 9.17) is 0 Å². The molecule has 150 valence electrons. The van der Waals surface area contributed by atoms with Crippen molar-refractivity contribution in [1.29, 1.82) is 0 Å². The van der Waals surface area contributed by atoms with Crippen molar-refractivity contribution in [2.75, 3.05) is 18.4 Å². The zero-order valence-electron chi connectivity index (χ0n) is 15.3. The lowest BCUT2D eigenvalue weighted by molar-refractivity contribution is 0.102. The van der Waals surface area contributed by atoms with Crippen molar-refractivity contribution in [3.05, 3.63) is 58.1 Å². The van der Waals surface area contributed by atoms with Crippen molar-refractivity contribution < 1.29 is 4.79 Å². The highest BCUT2D eigenvalue weighted by Gasteiger charge is 2.22. The van der Waals surface area contributed by atoms with Crippen LogP contribution in [-0.4, -0.2) is 38.2 Å². The molecule has 0 saturated carbocycles. The Balaban J connectivity index is 0.00000140. The Bertz CT molecular complexity index is 1030.